The van der Waals surface area contributed by atoms with Crippen LogP contribution in [0.3, 0.4) is 0 Å². The van der Waals surface area contributed by atoms with E-state index in [2.05, 4.69) is 0 Å². The molecular formula is C16H22N2O4S. The SMILES string of the molecule is CC[C@H]1CN(C(=O)c2cccc(N3CCCS3(=O)=O)c2)CCO1. The van der Waals surface area contributed by atoms with Gasteiger partial charge in [-0.3, -0.25) is 9.10 Å². The highest BCUT2D eigenvalue weighted by Crippen LogP contribution is 2.25. The molecule has 0 radical (unpaired) electrons. The molecule has 126 valence electrons. The molecule has 0 spiro atoms. The van der Waals surface area contributed by atoms with Crippen LogP contribution in [0.5, 0.6) is 0 Å². The maximum atomic E-state index is 12.7. The summed E-state index contributed by atoms with van der Waals surface area (Å²) in [6, 6.07) is 6.91. The van der Waals surface area contributed by atoms with Crippen LogP contribution in [0.2, 0.25) is 0 Å². The summed E-state index contributed by atoms with van der Waals surface area (Å²) in [7, 11) is -3.23. The maximum Gasteiger partial charge on any atom is 0.254 e. The third kappa shape index (κ3) is 3.35. The third-order valence-electron chi connectivity index (χ3n) is 4.36. The Morgan fingerprint density at radius 2 is 2.17 bits per heavy atom. The lowest BCUT2D eigenvalue weighted by atomic mass is 10.1. The smallest absolute Gasteiger partial charge is 0.254 e. The van der Waals surface area contributed by atoms with Crippen LogP contribution in [0.1, 0.15) is 30.1 Å². The molecular weight excluding hydrogens is 316 g/mol. The van der Waals surface area contributed by atoms with Crippen LogP contribution in [0, 0.1) is 0 Å². The first-order valence-corrected chi connectivity index (χ1v) is 9.63. The van der Waals surface area contributed by atoms with E-state index >= 15 is 0 Å². The van der Waals surface area contributed by atoms with E-state index in [1.54, 1.807) is 29.2 Å². The van der Waals surface area contributed by atoms with Gasteiger partial charge < -0.3 is 9.64 Å². The summed E-state index contributed by atoms with van der Waals surface area (Å²) >= 11 is 0. The van der Waals surface area contributed by atoms with Crippen LogP contribution in [0.25, 0.3) is 0 Å². The van der Waals surface area contributed by atoms with Crippen LogP contribution in [-0.2, 0) is 14.8 Å². The molecule has 0 bridgehead atoms. The van der Waals surface area contributed by atoms with E-state index < -0.39 is 10.0 Å². The Labute approximate surface area is 137 Å². The molecule has 1 atom stereocenters. The Morgan fingerprint density at radius 1 is 1.35 bits per heavy atom. The minimum Gasteiger partial charge on any atom is -0.375 e. The summed E-state index contributed by atoms with van der Waals surface area (Å²) in [4.78, 5) is 14.5. The number of amides is 1. The van der Waals surface area contributed by atoms with Crippen molar-refractivity contribution in [2.75, 3.05) is 36.3 Å². The van der Waals surface area contributed by atoms with Crippen molar-refractivity contribution in [3.8, 4) is 0 Å². The number of anilines is 1. The average Bonchev–Trinajstić information content (AvgIpc) is 2.93. The van der Waals surface area contributed by atoms with E-state index in [-0.39, 0.29) is 17.8 Å². The summed E-state index contributed by atoms with van der Waals surface area (Å²) < 4.78 is 31.1. The van der Waals surface area contributed by atoms with Gasteiger partial charge in [0, 0.05) is 25.2 Å². The topological polar surface area (TPSA) is 66.9 Å². The number of hydrogen-bond donors (Lipinski definition) is 0. The number of sulfonamides is 1. The lowest BCUT2D eigenvalue weighted by Crippen LogP contribution is -2.45. The zero-order chi connectivity index (χ0) is 16.4. The van der Waals surface area contributed by atoms with E-state index in [0.717, 1.165) is 6.42 Å². The lowest BCUT2D eigenvalue weighted by Gasteiger charge is -2.32. The van der Waals surface area contributed by atoms with Crippen LogP contribution in [-0.4, -0.2) is 57.3 Å². The molecule has 3 rings (SSSR count). The number of carbonyl (C=O) groups is 1. The molecule has 1 aromatic carbocycles. The van der Waals surface area contributed by atoms with Crippen LogP contribution < -0.4 is 4.31 Å². The van der Waals surface area contributed by atoms with Crippen molar-refractivity contribution in [2.45, 2.75) is 25.9 Å². The van der Waals surface area contributed by atoms with Crippen LogP contribution in [0.15, 0.2) is 24.3 Å². The fraction of sp³-hybridized carbons (Fsp3) is 0.562. The lowest BCUT2D eigenvalue weighted by molar-refractivity contribution is -0.0226. The molecule has 6 nitrogen and oxygen atoms in total. The van der Waals surface area contributed by atoms with Crippen molar-refractivity contribution in [2.24, 2.45) is 0 Å². The molecule has 0 aromatic heterocycles. The zero-order valence-electron chi connectivity index (χ0n) is 13.3. The molecule has 0 aliphatic carbocycles. The van der Waals surface area contributed by atoms with Gasteiger partial charge in [0.05, 0.1) is 24.2 Å². The summed E-state index contributed by atoms with van der Waals surface area (Å²) in [6.45, 7) is 4.22. The molecule has 2 heterocycles. The monoisotopic (exact) mass is 338 g/mol. The van der Waals surface area contributed by atoms with Crippen LogP contribution in [0.4, 0.5) is 5.69 Å². The van der Waals surface area contributed by atoms with Gasteiger partial charge in [-0.1, -0.05) is 13.0 Å². The van der Waals surface area contributed by atoms with Crippen molar-refractivity contribution in [3.05, 3.63) is 29.8 Å². The molecule has 0 saturated carbocycles. The second-order valence-corrected chi connectivity index (χ2v) is 7.96. The number of benzene rings is 1. The van der Waals surface area contributed by atoms with Gasteiger partial charge in [-0.05, 0) is 31.0 Å². The Hall–Kier alpha value is -1.60. The number of carbonyl (C=O) groups excluding carboxylic acids is 1. The molecule has 0 unspecified atom stereocenters. The number of hydrogen-bond acceptors (Lipinski definition) is 4. The second kappa shape index (κ2) is 6.49. The van der Waals surface area contributed by atoms with Gasteiger partial charge in [0.2, 0.25) is 10.0 Å². The molecule has 23 heavy (non-hydrogen) atoms. The summed E-state index contributed by atoms with van der Waals surface area (Å²) in [5, 5.41) is 0. The van der Waals surface area contributed by atoms with Crippen molar-refractivity contribution >= 4 is 21.6 Å². The zero-order valence-corrected chi connectivity index (χ0v) is 14.1. The number of ether oxygens (including phenoxy) is 1. The molecule has 0 N–H and O–H groups in total. The summed E-state index contributed by atoms with van der Waals surface area (Å²) in [6.07, 6.45) is 1.58. The Bertz CT molecular complexity index is 689. The molecule has 2 aliphatic rings. The molecule has 7 heteroatoms. The van der Waals surface area contributed by atoms with Crippen molar-refractivity contribution in [1.29, 1.82) is 0 Å². The standard InChI is InChI=1S/C16H22N2O4S/c1-2-15-12-17(8-9-22-15)16(19)13-5-3-6-14(11-13)18-7-4-10-23(18,20)21/h3,5-6,11,15H,2,4,7-10,12H2,1H3/t15-/m0/s1. The fourth-order valence-electron chi connectivity index (χ4n) is 3.06. The molecule has 1 amide bonds. The Balaban J connectivity index is 1.81. The molecule has 2 fully saturated rings. The predicted molar refractivity (Wildman–Crippen MR) is 88.1 cm³/mol. The first kappa shape index (κ1) is 16.3. The van der Waals surface area contributed by atoms with E-state index in [1.807, 2.05) is 6.92 Å². The van der Waals surface area contributed by atoms with Gasteiger partial charge in [-0.25, -0.2) is 8.42 Å². The quantitative estimate of drug-likeness (QED) is 0.837. The minimum absolute atomic E-state index is 0.0646. The predicted octanol–water partition coefficient (Wildman–Crippen LogP) is 1.48. The van der Waals surface area contributed by atoms with Gasteiger partial charge in [-0.2, -0.15) is 0 Å². The van der Waals surface area contributed by atoms with Gasteiger partial charge in [0.25, 0.3) is 5.91 Å². The second-order valence-electron chi connectivity index (χ2n) is 5.94. The number of nitrogens with zero attached hydrogens (tertiary/aromatic N) is 2. The van der Waals surface area contributed by atoms with Crippen LogP contribution >= 0.6 is 0 Å². The normalized spacial score (nSPS) is 24.0. The van der Waals surface area contributed by atoms with E-state index in [4.69, 9.17) is 4.74 Å². The minimum atomic E-state index is -3.23. The summed E-state index contributed by atoms with van der Waals surface area (Å²) in [5.41, 5.74) is 1.11. The van der Waals surface area contributed by atoms with Crippen molar-refractivity contribution in [3.63, 3.8) is 0 Å². The molecule has 1 aromatic rings. The fourth-order valence-corrected chi connectivity index (χ4v) is 4.61. The largest absolute Gasteiger partial charge is 0.375 e. The van der Waals surface area contributed by atoms with Gasteiger partial charge in [0.1, 0.15) is 0 Å². The van der Waals surface area contributed by atoms with E-state index in [9.17, 15) is 13.2 Å². The van der Waals surface area contributed by atoms with Crippen molar-refractivity contribution in [1.82, 2.24) is 4.90 Å². The molecule has 2 saturated heterocycles. The summed E-state index contributed by atoms with van der Waals surface area (Å²) in [5.74, 6) is 0.109. The van der Waals surface area contributed by atoms with E-state index in [1.165, 1.54) is 4.31 Å². The first-order valence-electron chi connectivity index (χ1n) is 8.02. The van der Waals surface area contributed by atoms with Gasteiger partial charge in [-0.15, -0.1) is 0 Å². The Kier molecular flexibility index (Phi) is 4.59. The number of rotatable bonds is 3. The highest BCUT2D eigenvalue weighted by molar-refractivity contribution is 7.93. The maximum absolute atomic E-state index is 12.7. The van der Waals surface area contributed by atoms with Crippen molar-refractivity contribution < 1.29 is 17.9 Å². The highest BCUT2D eigenvalue weighted by Gasteiger charge is 2.29. The van der Waals surface area contributed by atoms with E-state index in [0.29, 0.717) is 43.9 Å². The molecule has 2 aliphatic heterocycles. The van der Waals surface area contributed by atoms with Gasteiger partial charge >= 0.3 is 0 Å². The average molecular weight is 338 g/mol. The first-order chi connectivity index (χ1) is 11.0. The number of morpholine rings is 1. The highest BCUT2D eigenvalue weighted by atomic mass is 32.2. The Morgan fingerprint density at radius 3 is 2.87 bits per heavy atom. The third-order valence-corrected chi connectivity index (χ3v) is 6.23. The van der Waals surface area contributed by atoms with Gasteiger partial charge in [0.15, 0.2) is 0 Å².